The van der Waals surface area contributed by atoms with Gasteiger partial charge in [0.05, 0.1) is 12.0 Å². The first-order valence-corrected chi connectivity index (χ1v) is 12.2. The Morgan fingerprint density at radius 2 is 1.77 bits per heavy atom. The Labute approximate surface area is 198 Å². The summed E-state index contributed by atoms with van der Waals surface area (Å²) in [5.74, 6) is -0.478. The van der Waals surface area contributed by atoms with Crippen LogP contribution in [0.2, 0.25) is 0 Å². The maximum atomic E-state index is 13.2. The van der Waals surface area contributed by atoms with Gasteiger partial charge in [0.2, 0.25) is 10.0 Å². The molecule has 0 spiro atoms. The second kappa shape index (κ2) is 12.0. The summed E-state index contributed by atoms with van der Waals surface area (Å²) in [4.78, 5) is 12.0. The van der Waals surface area contributed by atoms with Crippen LogP contribution in [0, 0.1) is 6.92 Å². The molecule has 0 saturated heterocycles. The standard InChI is InChI=1S/C24H26INO4S/c1-19-11-13-23(14-12-19)31(28,29)26(17-15-20(2)25)16-7-10-22(18-24(27)30-3)21-8-5-4-6-9-21/h4-14,18H,2,15-17H2,1,3H3/b10-7+,22-18+. The van der Waals surface area contributed by atoms with Gasteiger partial charge in [-0.25, -0.2) is 13.2 Å². The van der Waals surface area contributed by atoms with Crippen LogP contribution in [0.5, 0.6) is 0 Å². The number of rotatable bonds is 10. The van der Waals surface area contributed by atoms with Crippen molar-refractivity contribution >= 4 is 44.2 Å². The van der Waals surface area contributed by atoms with Crippen molar-refractivity contribution in [2.75, 3.05) is 20.2 Å². The highest BCUT2D eigenvalue weighted by Crippen LogP contribution is 2.20. The summed E-state index contributed by atoms with van der Waals surface area (Å²) in [6, 6.07) is 16.2. The molecule has 0 unspecified atom stereocenters. The van der Waals surface area contributed by atoms with Crippen molar-refractivity contribution in [3.63, 3.8) is 0 Å². The Bertz CT molecular complexity index is 1060. The predicted molar refractivity (Wildman–Crippen MR) is 133 cm³/mol. The first-order chi connectivity index (χ1) is 14.7. The molecule has 0 heterocycles. The molecule has 0 saturated carbocycles. The molecule has 0 fully saturated rings. The van der Waals surface area contributed by atoms with Gasteiger partial charge >= 0.3 is 5.97 Å². The number of hydrogen-bond acceptors (Lipinski definition) is 4. The number of nitrogens with zero attached hydrogens (tertiary/aromatic N) is 1. The van der Waals surface area contributed by atoms with Crippen LogP contribution in [-0.4, -0.2) is 38.9 Å². The Balaban J connectivity index is 2.31. The SMILES string of the molecule is C=C(I)CCN(C/C=C/C(=C\C(=O)OC)c1ccccc1)S(=O)(=O)c1ccc(C)cc1. The summed E-state index contributed by atoms with van der Waals surface area (Å²) in [5.41, 5.74) is 2.46. The van der Waals surface area contributed by atoms with E-state index in [1.165, 1.54) is 17.5 Å². The van der Waals surface area contributed by atoms with E-state index in [0.29, 0.717) is 18.5 Å². The quantitative estimate of drug-likeness (QED) is 0.178. The van der Waals surface area contributed by atoms with Crippen LogP contribution in [0.3, 0.4) is 0 Å². The Hall–Kier alpha value is -2.23. The molecular weight excluding hydrogens is 525 g/mol. The highest BCUT2D eigenvalue weighted by Gasteiger charge is 2.23. The number of aryl methyl sites for hydroxylation is 1. The van der Waals surface area contributed by atoms with Gasteiger partial charge in [-0.3, -0.25) is 0 Å². The van der Waals surface area contributed by atoms with E-state index in [0.717, 1.165) is 14.7 Å². The van der Waals surface area contributed by atoms with Crippen molar-refractivity contribution in [3.05, 3.63) is 94.1 Å². The molecule has 0 aliphatic heterocycles. The molecule has 2 aromatic rings. The van der Waals surface area contributed by atoms with E-state index in [2.05, 4.69) is 29.2 Å². The molecule has 7 heteroatoms. The van der Waals surface area contributed by atoms with E-state index < -0.39 is 16.0 Å². The van der Waals surface area contributed by atoms with Crippen LogP contribution in [0.15, 0.2) is 87.9 Å². The number of ether oxygens (including phenoxy) is 1. The average Bonchev–Trinajstić information content (AvgIpc) is 2.75. The second-order valence-electron chi connectivity index (χ2n) is 6.83. The zero-order valence-electron chi connectivity index (χ0n) is 17.6. The third kappa shape index (κ3) is 7.75. The van der Waals surface area contributed by atoms with Crippen LogP contribution in [-0.2, 0) is 19.6 Å². The van der Waals surface area contributed by atoms with Crippen molar-refractivity contribution in [1.29, 1.82) is 0 Å². The first-order valence-electron chi connectivity index (χ1n) is 9.65. The van der Waals surface area contributed by atoms with Crippen LogP contribution in [0.1, 0.15) is 17.5 Å². The van der Waals surface area contributed by atoms with Crippen LogP contribution >= 0.6 is 22.6 Å². The van der Waals surface area contributed by atoms with Gasteiger partial charge < -0.3 is 4.74 Å². The fraction of sp³-hybridized carbons (Fsp3) is 0.208. The van der Waals surface area contributed by atoms with Gasteiger partial charge in [-0.05, 0) is 62.8 Å². The molecule has 31 heavy (non-hydrogen) atoms. The molecule has 0 radical (unpaired) electrons. The van der Waals surface area contributed by atoms with Gasteiger partial charge in [-0.1, -0.05) is 66.8 Å². The monoisotopic (exact) mass is 551 g/mol. The number of esters is 1. The summed E-state index contributed by atoms with van der Waals surface area (Å²) in [6.45, 7) is 6.25. The van der Waals surface area contributed by atoms with Gasteiger partial charge in [-0.15, -0.1) is 0 Å². The van der Waals surface area contributed by atoms with Gasteiger partial charge in [0.1, 0.15) is 0 Å². The normalized spacial score (nSPS) is 12.3. The maximum Gasteiger partial charge on any atom is 0.331 e. The minimum Gasteiger partial charge on any atom is -0.466 e. The number of carbonyl (C=O) groups is 1. The highest BCUT2D eigenvalue weighted by atomic mass is 127. The predicted octanol–water partition coefficient (Wildman–Crippen LogP) is 5.14. The van der Waals surface area contributed by atoms with Crippen molar-refractivity contribution in [2.24, 2.45) is 0 Å². The molecule has 0 aromatic heterocycles. The average molecular weight is 551 g/mol. The number of carbonyl (C=O) groups excluding carboxylic acids is 1. The van der Waals surface area contributed by atoms with Crippen molar-refractivity contribution < 1.29 is 17.9 Å². The molecule has 0 amide bonds. The Morgan fingerprint density at radius 1 is 1.13 bits per heavy atom. The molecule has 0 bridgehead atoms. The van der Waals surface area contributed by atoms with E-state index in [4.69, 9.17) is 4.74 Å². The van der Waals surface area contributed by atoms with E-state index in [9.17, 15) is 13.2 Å². The summed E-state index contributed by atoms with van der Waals surface area (Å²) in [7, 11) is -2.36. The molecular formula is C24H26INO4S. The smallest absolute Gasteiger partial charge is 0.331 e. The summed E-state index contributed by atoms with van der Waals surface area (Å²) >= 11 is 2.10. The number of sulfonamides is 1. The zero-order chi connectivity index (χ0) is 22.9. The van der Waals surface area contributed by atoms with Gasteiger partial charge in [0.25, 0.3) is 0 Å². The molecule has 0 N–H and O–H groups in total. The van der Waals surface area contributed by atoms with Crippen molar-refractivity contribution in [1.82, 2.24) is 4.31 Å². The van der Waals surface area contributed by atoms with E-state index in [1.807, 2.05) is 37.3 Å². The third-order valence-electron chi connectivity index (χ3n) is 4.48. The largest absolute Gasteiger partial charge is 0.466 e. The summed E-state index contributed by atoms with van der Waals surface area (Å²) in [6.07, 6.45) is 5.41. The van der Waals surface area contributed by atoms with E-state index in [-0.39, 0.29) is 11.4 Å². The van der Waals surface area contributed by atoms with Gasteiger partial charge in [0, 0.05) is 19.2 Å². The summed E-state index contributed by atoms with van der Waals surface area (Å²) in [5, 5.41) is 0. The minimum atomic E-state index is -3.68. The lowest BCUT2D eigenvalue weighted by molar-refractivity contribution is -0.134. The van der Waals surface area contributed by atoms with Crippen LogP contribution < -0.4 is 0 Å². The number of halogens is 1. The number of methoxy groups -OCH3 is 1. The van der Waals surface area contributed by atoms with Gasteiger partial charge in [-0.2, -0.15) is 4.31 Å². The Kier molecular flexibility index (Phi) is 9.67. The molecule has 5 nitrogen and oxygen atoms in total. The lowest BCUT2D eigenvalue weighted by Crippen LogP contribution is -2.32. The lowest BCUT2D eigenvalue weighted by atomic mass is 10.1. The lowest BCUT2D eigenvalue weighted by Gasteiger charge is -2.21. The number of hydrogen-bond donors (Lipinski definition) is 0. The van der Waals surface area contributed by atoms with Crippen LogP contribution in [0.25, 0.3) is 5.57 Å². The maximum absolute atomic E-state index is 13.2. The van der Waals surface area contributed by atoms with Crippen LogP contribution in [0.4, 0.5) is 0 Å². The molecule has 0 aliphatic carbocycles. The van der Waals surface area contributed by atoms with E-state index >= 15 is 0 Å². The first kappa shape index (κ1) is 25.0. The molecule has 0 atom stereocenters. The molecule has 2 aromatic carbocycles. The second-order valence-corrected chi connectivity index (χ2v) is 10.3. The number of benzene rings is 2. The molecule has 2 rings (SSSR count). The topological polar surface area (TPSA) is 63.7 Å². The minimum absolute atomic E-state index is 0.158. The number of allylic oxidation sites excluding steroid dienone is 2. The Morgan fingerprint density at radius 3 is 2.35 bits per heavy atom. The van der Waals surface area contributed by atoms with Gasteiger partial charge in [0.15, 0.2) is 0 Å². The zero-order valence-corrected chi connectivity index (χ0v) is 20.6. The molecule has 0 aliphatic rings. The third-order valence-corrected chi connectivity index (χ3v) is 6.90. The fourth-order valence-electron chi connectivity index (χ4n) is 2.76. The van der Waals surface area contributed by atoms with E-state index in [1.54, 1.807) is 36.4 Å². The molecule has 164 valence electrons. The summed E-state index contributed by atoms with van der Waals surface area (Å²) < 4.78 is 33.4. The van der Waals surface area contributed by atoms with Crippen molar-refractivity contribution in [2.45, 2.75) is 18.2 Å². The van der Waals surface area contributed by atoms with Crippen molar-refractivity contribution in [3.8, 4) is 0 Å². The highest BCUT2D eigenvalue weighted by molar-refractivity contribution is 14.1. The fourth-order valence-corrected chi connectivity index (χ4v) is 4.39.